The fraction of sp³-hybridized carbons (Fsp3) is 0.273. The molecule has 1 aromatic heterocycles. The zero-order chi connectivity index (χ0) is 20.5. The van der Waals surface area contributed by atoms with Crippen LogP contribution in [0.15, 0.2) is 45.6 Å². The van der Waals surface area contributed by atoms with Crippen molar-refractivity contribution in [3.8, 4) is 5.75 Å². The van der Waals surface area contributed by atoms with Crippen LogP contribution in [0.1, 0.15) is 34.8 Å². The molecule has 6 nitrogen and oxygen atoms in total. The lowest BCUT2D eigenvalue weighted by molar-refractivity contribution is 0.0601. The number of rotatable bonds is 4. The van der Waals surface area contributed by atoms with E-state index in [0.717, 1.165) is 23.8 Å². The minimum atomic E-state index is -0.431. The molecule has 0 unspecified atom stereocenters. The maximum atomic E-state index is 12.2. The number of carbonyl (C=O) groups excluding carboxylic acids is 1. The number of carbonyl (C=O) groups is 1. The Bertz CT molecular complexity index is 1150. The molecule has 7 heteroatoms. The van der Waals surface area contributed by atoms with Crippen LogP contribution in [0.2, 0.25) is 5.02 Å². The second kappa shape index (κ2) is 7.79. The van der Waals surface area contributed by atoms with E-state index in [1.807, 2.05) is 17.0 Å². The van der Waals surface area contributed by atoms with E-state index in [0.29, 0.717) is 39.7 Å². The maximum Gasteiger partial charge on any atom is 0.339 e. The Kier molecular flexibility index (Phi) is 5.20. The van der Waals surface area contributed by atoms with Crippen molar-refractivity contribution < 1.29 is 18.7 Å². The molecule has 0 fully saturated rings. The number of ether oxygens (including phenoxy) is 2. The Balaban J connectivity index is 1.86. The monoisotopic (exact) mass is 413 g/mol. The molecule has 4 rings (SSSR count). The summed E-state index contributed by atoms with van der Waals surface area (Å²) in [6.07, 6.45) is 1.63. The lowest BCUT2D eigenvalue weighted by Gasteiger charge is -2.32. The molecule has 0 N–H and O–H groups in total. The van der Waals surface area contributed by atoms with E-state index in [4.69, 9.17) is 25.5 Å². The van der Waals surface area contributed by atoms with E-state index in [2.05, 4.69) is 6.92 Å². The number of hydrogen-bond donors (Lipinski definition) is 0. The number of halogens is 1. The normalized spacial score (nSPS) is 13.1. The topological polar surface area (TPSA) is 69.0 Å². The van der Waals surface area contributed by atoms with Crippen molar-refractivity contribution in [2.75, 3.05) is 18.7 Å². The minimum Gasteiger partial charge on any atom is -0.471 e. The number of para-hydroxylation sites is 1. The summed E-state index contributed by atoms with van der Waals surface area (Å²) in [6.45, 7) is 2.62. The predicted molar refractivity (Wildman–Crippen MR) is 111 cm³/mol. The molecule has 0 radical (unpaired) electrons. The number of fused-ring (bicyclic) bond motifs is 3. The van der Waals surface area contributed by atoms with Crippen LogP contribution in [0.25, 0.3) is 11.0 Å². The largest absolute Gasteiger partial charge is 0.471 e. The average Bonchev–Trinajstić information content (AvgIpc) is 2.74. The van der Waals surface area contributed by atoms with E-state index < -0.39 is 11.6 Å². The first-order chi connectivity index (χ1) is 14.0. The summed E-state index contributed by atoms with van der Waals surface area (Å²) in [5, 5.41) is 1.28. The van der Waals surface area contributed by atoms with Gasteiger partial charge in [-0.15, -0.1) is 0 Å². The van der Waals surface area contributed by atoms with Crippen molar-refractivity contribution in [3.63, 3.8) is 0 Å². The van der Waals surface area contributed by atoms with Crippen LogP contribution in [0.4, 0.5) is 5.69 Å². The molecular weight excluding hydrogens is 394 g/mol. The molecular formula is C22H20ClNO5. The third-order valence-electron chi connectivity index (χ3n) is 5.00. The molecule has 0 saturated heterocycles. The van der Waals surface area contributed by atoms with E-state index in [1.165, 1.54) is 13.2 Å². The highest BCUT2D eigenvalue weighted by Gasteiger charge is 2.27. The Morgan fingerprint density at radius 3 is 2.83 bits per heavy atom. The van der Waals surface area contributed by atoms with Crippen LogP contribution in [-0.2, 0) is 17.7 Å². The highest BCUT2D eigenvalue weighted by molar-refractivity contribution is 6.33. The van der Waals surface area contributed by atoms with Crippen molar-refractivity contribution >= 4 is 34.2 Å². The van der Waals surface area contributed by atoms with Gasteiger partial charge in [0.15, 0.2) is 6.73 Å². The molecule has 2 heterocycles. The second-order valence-electron chi connectivity index (χ2n) is 6.86. The molecule has 0 amide bonds. The van der Waals surface area contributed by atoms with Gasteiger partial charge >= 0.3 is 11.6 Å². The number of benzene rings is 2. The van der Waals surface area contributed by atoms with Gasteiger partial charge in [-0.3, -0.25) is 0 Å². The highest BCUT2D eigenvalue weighted by atomic mass is 35.5. The fourth-order valence-electron chi connectivity index (χ4n) is 3.71. The van der Waals surface area contributed by atoms with Gasteiger partial charge in [0, 0.05) is 11.5 Å². The van der Waals surface area contributed by atoms with Crippen LogP contribution >= 0.6 is 11.6 Å². The number of methoxy groups -OCH3 is 1. The van der Waals surface area contributed by atoms with E-state index >= 15 is 0 Å². The van der Waals surface area contributed by atoms with Crippen LogP contribution in [0.5, 0.6) is 5.75 Å². The van der Waals surface area contributed by atoms with Gasteiger partial charge in [0.05, 0.1) is 35.5 Å². The van der Waals surface area contributed by atoms with Gasteiger partial charge in [-0.25, -0.2) is 9.59 Å². The van der Waals surface area contributed by atoms with Gasteiger partial charge in [-0.2, -0.15) is 0 Å². The summed E-state index contributed by atoms with van der Waals surface area (Å²) in [5.41, 5.74) is 2.76. The zero-order valence-electron chi connectivity index (χ0n) is 16.2. The third kappa shape index (κ3) is 3.44. The Hall–Kier alpha value is -2.99. The van der Waals surface area contributed by atoms with E-state index in [-0.39, 0.29) is 6.73 Å². The van der Waals surface area contributed by atoms with Gasteiger partial charge in [-0.1, -0.05) is 37.1 Å². The van der Waals surface area contributed by atoms with Crippen molar-refractivity contribution in [2.24, 2.45) is 0 Å². The number of aryl methyl sites for hydroxylation is 1. The van der Waals surface area contributed by atoms with Crippen LogP contribution in [0, 0.1) is 0 Å². The van der Waals surface area contributed by atoms with Gasteiger partial charge in [-0.05, 0) is 30.2 Å². The molecule has 3 aromatic rings. The highest BCUT2D eigenvalue weighted by Crippen LogP contribution is 2.40. The molecule has 1 aliphatic rings. The summed E-state index contributed by atoms with van der Waals surface area (Å²) < 4.78 is 16.4. The molecule has 0 bridgehead atoms. The summed E-state index contributed by atoms with van der Waals surface area (Å²) in [4.78, 5) is 26.2. The fourth-order valence-corrected chi connectivity index (χ4v) is 3.99. The van der Waals surface area contributed by atoms with Gasteiger partial charge < -0.3 is 18.8 Å². The first kappa shape index (κ1) is 19.3. The van der Waals surface area contributed by atoms with Crippen LogP contribution in [-0.4, -0.2) is 19.8 Å². The van der Waals surface area contributed by atoms with Gasteiger partial charge in [0.2, 0.25) is 0 Å². The maximum absolute atomic E-state index is 12.2. The van der Waals surface area contributed by atoms with Gasteiger partial charge in [0.25, 0.3) is 0 Å². The number of anilines is 1. The molecule has 0 saturated carbocycles. The minimum absolute atomic E-state index is 0.200. The van der Waals surface area contributed by atoms with Crippen molar-refractivity contribution in [1.82, 2.24) is 0 Å². The van der Waals surface area contributed by atoms with Crippen molar-refractivity contribution in [2.45, 2.75) is 26.3 Å². The Labute approximate surface area is 172 Å². The lowest BCUT2D eigenvalue weighted by Crippen LogP contribution is -2.33. The smallest absolute Gasteiger partial charge is 0.339 e. The zero-order valence-corrected chi connectivity index (χ0v) is 16.9. The SMILES string of the molecule is CCCc1cc(=O)oc2c3c(c(Cl)cc12)OCN(c1ccccc1C(=O)OC)C3. The molecule has 2 aromatic carbocycles. The quantitative estimate of drug-likeness (QED) is 0.462. The first-order valence-corrected chi connectivity index (χ1v) is 9.74. The van der Waals surface area contributed by atoms with Crippen LogP contribution in [0.3, 0.4) is 0 Å². The summed E-state index contributed by atoms with van der Waals surface area (Å²) in [6, 6.07) is 10.5. The molecule has 0 atom stereocenters. The Morgan fingerprint density at radius 1 is 1.28 bits per heavy atom. The standard InChI is InChI=1S/C22H20ClNO5/c1-3-6-13-9-19(25)29-20-15(13)10-17(23)21-16(20)11-24(12-28-21)18-8-5-4-7-14(18)22(26)27-2/h4-5,7-10H,3,6,11-12H2,1-2H3. The first-order valence-electron chi connectivity index (χ1n) is 9.36. The van der Waals surface area contributed by atoms with Crippen molar-refractivity contribution in [1.29, 1.82) is 0 Å². The lowest BCUT2D eigenvalue weighted by atomic mass is 10.0. The Morgan fingerprint density at radius 2 is 2.07 bits per heavy atom. The average molecular weight is 414 g/mol. The summed E-state index contributed by atoms with van der Waals surface area (Å²) >= 11 is 6.49. The molecule has 29 heavy (non-hydrogen) atoms. The molecule has 150 valence electrons. The molecule has 0 aliphatic carbocycles. The predicted octanol–water partition coefficient (Wildman–Crippen LogP) is 4.54. The summed E-state index contributed by atoms with van der Waals surface area (Å²) in [5.74, 6) is 0.0712. The number of esters is 1. The van der Waals surface area contributed by atoms with Crippen LogP contribution < -0.4 is 15.3 Å². The van der Waals surface area contributed by atoms with E-state index in [9.17, 15) is 9.59 Å². The second-order valence-corrected chi connectivity index (χ2v) is 7.27. The van der Waals surface area contributed by atoms with E-state index in [1.54, 1.807) is 18.2 Å². The number of nitrogens with zero attached hydrogens (tertiary/aromatic N) is 1. The summed E-state index contributed by atoms with van der Waals surface area (Å²) in [7, 11) is 1.35. The third-order valence-corrected chi connectivity index (χ3v) is 5.29. The van der Waals surface area contributed by atoms with Crippen molar-refractivity contribution in [3.05, 3.63) is 68.5 Å². The number of hydrogen-bond acceptors (Lipinski definition) is 6. The van der Waals surface area contributed by atoms with Gasteiger partial charge in [0.1, 0.15) is 11.3 Å². The molecule has 1 aliphatic heterocycles. The molecule has 0 spiro atoms.